The Balaban J connectivity index is 1.32. The van der Waals surface area contributed by atoms with Gasteiger partial charge in [0, 0.05) is 21.2 Å². The zero-order valence-corrected chi connectivity index (χ0v) is 29.3. The SMILES string of the molecule is Cc1ccc(C)c(OC(=O)Nc2ccc(Sc3ccc(NC(=O)Oc4cc(C)ccc4C)cc3-c3cccc(O)c3)c(-c3cccc(O)c3)c2)c1. The van der Waals surface area contributed by atoms with Crippen LogP contribution in [0.4, 0.5) is 21.0 Å². The van der Waals surface area contributed by atoms with E-state index >= 15 is 0 Å². The van der Waals surface area contributed by atoms with Gasteiger partial charge in [0.1, 0.15) is 23.0 Å². The standard InChI is InChI=1S/C42H36N2O6S/c1-25-11-13-27(3)37(19-25)49-41(47)43-31-15-17-39(35(23-31)29-7-5-9-33(45)21-29)51-40-18-16-32(24-36(40)30-8-6-10-34(46)22-30)44-42(48)50-38-20-26(2)12-14-28(38)4/h5-24,45-46H,1-4H3,(H,43,47)(H,44,48). The Morgan fingerprint density at radius 1 is 0.529 bits per heavy atom. The molecule has 0 aliphatic carbocycles. The Hall–Kier alpha value is -6.19. The molecule has 8 nitrogen and oxygen atoms in total. The molecule has 0 bridgehead atoms. The van der Waals surface area contributed by atoms with Crippen molar-refractivity contribution in [1.82, 2.24) is 0 Å². The van der Waals surface area contributed by atoms with Crippen LogP contribution in [0.1, 0.15) is 22.3 Å². The van der Waals surface area contributed by atoms with Crippen molar-refractivity contribution in [1.29, 1.82) is 0 Å². The second kappa shape index (κ2) is 15.1. The van der Waals surface area contributed by atoms with Crippen LogP contribution in [0.2, 0.25) is 0 Å². The number of carbonyl (C=O) groups is 2. The van der Waals surface area contributed by atoms with Crippen LogP contribution in [0.3, 0.4) is 0 Å². The van der Waals surface area contributed by atoms with Crippen LogP contribution in [0.15, 0.2) is 131 Å². The molecule has 0 heterocycles. The number of ether oxygens (including phenoxy) is 2. The molecule has 0 saturated heterocycles. The Bertz CT molecular complexity index is 2110. The molecule has 6 aromatic carbocycles. The first-order chi connectivity index (χ1) is 24.5. The molecule has 0 aliphatic heterocycles. The molecule has 0 radical (unpaired) electrons. The summed E-state index contributed by atoms with van der Waals surface area (Å²) < 4.78 is 11.2. The lowest BCUT2D eigenvalue weighted by atomic mass is 10.0. The van der Waals surface area contributed by atoms with Crippen LogP contribution in [-0.2, 0) is 0 Å². The molecule has 0 atom stereocenters. The summed E-state index contributed by atoms with van der Waals surface area (Å²) in [6.45, 7) is 7.61. The van der Waals surface area contributed by atoms with Gasteiger partial charge in [0.25, 0.3) is 0 Å². The molecule has 0 fully saturated rings. The summed E-state index contributed by atoms with van der Waals surface area (Å²) in [6, 6.07) is 36.1. The molecule has 0 unspecified atom stereocenters. The number of aromatic hydroxyl groups is 2. The highest BCUT2D eigenvalue weighted by atomic mass is 32.2. The second-order valence-corrected chi connectivity index (χ2v) is 13.3. The van der Waals surface area contributed by atoms with Crippen LogP contribution in [0.5, 0.6) is 23.0 Å². The fraction of sp³-hybridized carbons (Fsp3) is 0.0952. The summed E-state index contributed by atoms with van der Waals surface area (Å²) in [5, 5.41) is 26.4. The Morgan fingerprint density at radius 2 is 0.961 bits per heavy atom. The maximum atomic E-state index is 13.0. The average Bonchev–Trinajstić information content (AvgIpc) is 3.09. The second-order valence-electron chi connectivity index (χ2n) is 12.2. The van der Waals surface area contributed by atoms with Gasteiger partial charge in [-0.15, -0.1) is 0 Å². The molecule has 0 saturated carbocycles. The molecule has 9 heteroatoms. The lowest BCUT2D eigenvalue weighted by Crippen LogP contribution is -2.17. The quantitative estimate of drug-likeness (QED) is 0.125. The van der Waals surface area contributed by atoms with Crippen molar-refractivity contribution in [3.05, 3.63) is 144 Å². The minimum atomic E-state index is -0.628. The molecule has 256 valence electrons. The van der Waals surface area contributed by atoms with E-state index in [0.717, 1.165) is 54.3 Å². The van der Waals surface area contributed by atoms with Gasteiger partial charge in [0.2, 0.25) is 0 Å². The van der Waals surface area contributed by atoms with Gasteiger partial charge in [-0.3, -0.25) is 10.6 Å². The lowest BCUT2D eigenvalue weighted by Gasteiger charge is -2.17. The molecule has 0 spiro atoms. The zero-order valence-electron chi connectivity index (χ0n) is 28.5. The minimum Gasteiger partial charge on any atom is -0.508 e. The van der Waals surface area contributed by atoms with E-state index in [9.17, 15) is 19.8 Å². The third kappa shape index (κ3) is 8.70. The van der Waals surface area contributed by atoms with Crippen LogP contribution >= 0.6 is 11.8 Å². The molecule has 51 heavy (non-hydrogen) atoms. The summed E-state index contributed by atoms with van der Waals surface area (Å²) in [5.74, 6) is 1.15. The van der Waals surface area contributed by atoms with Crippen molar-refractivity contribution in [2.45, 2.75) is 37.5 Å². The average molecular weight is 697 g/mol. The lowest BCUT2D eigenvalue weighted by molar-refractivity contribution is 0.214. The predicted octanol–water partition coefficient (Wildman–Crippen LogP) is 11.0. The maximum absolute atomic E-state index is 13.0. The van der Waals surface area contributed by atoms with Crippen molar-refractivity contribution in [2.75, 3.05) is 10.6 Å². The van der Waals surface area contributed by atoms with Crippen LogP contribution in [-0.4, -0.2) is 22.4 Å². The first-order valence-corrected chi connectivity index (χ1v) is 17.0. The van der Waals surface area contributed by atoms with Gasteiger partial charge in [0.05, 0.1) is 0 Å². The molecular weight excluding hydrogens is 661 g/mol. The number of phenols is 2. The summed E-state index contributed by atoms with van der Waals surface area (Å²) in [7, 11) is 0. The van der Waals surface area contributed by atoms with Crippen molar-refractivity contribution in [2.24, 2.45) is 0 Å². The van der Waals surface area contributed by atoms with E-state index in [0.29, 0.717) is 22.9 Å². The topological polar surface area (TPSA) is 117 Å². The van der Waals surface area contributed by atoms with Crippen LogP contribution < -0.4 is 20.1 Å². The monoisotopic (exact) mass is 696 g/mol. The molecule has 0 aromatic heterocycles. The number of aryl methyl sites for hydroxylation is 4. The van der Waals surface area contributed by atoms with Crippen molar-refractivity contribution < 1.29 is 29.3 Å². The van der Waals surface area contributed by atoms with Gasteiger partial charge >= 0.3 is 12.2 Å². The maximum Gasteiger partial charge on any atom is 0.417 e. The fourth-order valence-corrected chi connectivity index (χ4v) is 6.51. The molecule has 2 amide bonds. The van der Waals surface area contributed by atoms with E-state index in [-0.39, 0.29) is 11.5 Å². The van der Waals surface area contributed by atoms with Crippen LogP contribution in [0, 0.1) is 27.7 Å². The number of nitrogens with one attached hydrogen (secondary N) is 2. The van der Waals surface area contributed by atoms with Gasteiger partial charge in [-0.05, 0) is 145 Å². The Morgan fingerprint density at radius 3 is 1.37 bits per heavy atom. The van der Waals surface area contributed by atoms with E-state index in [4.69, 9.17) is 9.47 Å². The number of anilines is 2. The highest BCUT2D eigenvalue weighted by Crippen LogP contribution is 2.43. The number of hydrogen-bond acceptors (Lipinski definition) is 7. The van der Waals surface area contributed by atoms with Crippen LogP contribution in [0.25, 0.3) is 22.3 Å². The summed E-state index contributed by atoms with van der Waals surface area (Å²) in [4.78, 5) is 27.6. The van der Waals surface area contributed by atoms with E-state index in [1.54, 1.807) is 48.5 Å². The first-order valence-electron chi connectivity index (χ1n) is 16.2. The minimum absolute atomic E-state index is 0.0970. The Kier molecular flexibility index (Phi) is 10.3. The number of amides is 2. The number of hydrogen-bond donors (Lipinski definition) is 4. The van der Waals surface area contributed by atoms with Crippen molar-refractivity contribution >= 4 is 35.3 Å². The van der Waals surface area contributed by atoms with Gasteiger partial charge in [0.15, 0.2) is 0 Å². The third-order valence-corrected chi connectivity index (χ3v) is 9.23. The largest absolute Gasteiger partial charge is 0.508 e. The summed E-state index contributed by atoms with van der Waals surface area (Å²) in [6.07, 6.45) is -1.26. The van der Waals surface area contributed by atoms with E-state index in [2.05, 4.69) is 10.6 Å². The molecule has 6 aromatic rings. The third-order valence-electron chi connectivity index (χ3n) is 8.08. The van der Waals surface area contributed by atoms with Gasteiger partial charge < -0.3 is 19.7 Å². The Labute approximate surface area is 300 Å². The van der Waals surface area contributed by atoms with Crippen molar-refractivity contribution in [3.63, 3.8) is 0 Å². The van der Waals surface area contributed by atoms with E-state index < -0.39 is 12.2 Å². The van der Waals surface area contributed by atoms with Gasteiger partial charge in [-0.25, -0.2) is 9.59 Å². The summed E-state index contributed by atoms with van der Waals surface area (Å²) in [5.41, 5.74) is 7.60. The van der Waals surface area contributed by atoms with E-state index in [1.165, 1.54) is 11.8 Å². The molecule has 0 aliphatic rings. The smallest absolute Gasteiger partial charge is 0.417 e. The number of rotatable bonds is 8. The summed E-state index contributed by atoms with van der Waals surface area (Å²) >= 11 is 1.46. The number of benzene rings is 6. The van der Waals surface area contributed by atoms with E-state index in [1.807, 2.05) is 100 Å². The molecule has 4 N–H and O–H groups in total. The highest BCUT2D eigenvalue weighted by Gasteiger charge is 2.17. The highest BCUT2D eigenvalue weighted by molar-refractivity contribution is 7.99. The normalized spacial score (nSPS) is 10.7. The number of carbonyl (C=O) groups excluding carboxylic acids is 2. The van der Waals surface area contributed by atoms with Crippen molar-refractivity contribution in [3.8, 4) is 45.3 Å². The molecular formula is C42H36N2O6S. The zero-order chi connectivity index (χ0) is 36.1. The molecule has 6 rings (SSSR count). The predicted molar refractivity (Wildman–Crippen MR) is 202 cm³/mol. The van der Waals surface area contributed by atoms with Gasteiger partial charge in [-0.2, -0.15) is 0 Å². The first kappa shape index (κ1) is 34.7. The number of phenolic OH excluding ortho intramolecular Hbond substituents is 2. The fourth-order valence-electron chi connectivity index (χ4n) is 5.43. The van der Waals surface area contributed by atoms with Gasteiger partial charge in [-0.1, -0.05) is 60.3 Å².